The minimum absolute atomic E-state index is 0.220. The number of aliphatic carboxylic acids is 1. The molecule has 0 aliphatic carbocycles. The molecule has 2 fully saturated rings. The first-order valence-corrected chi connectivity index (χ1v) is 10.6. The summed E-state index contributed by atoms with van der Waals surface area (Å²) in [5.41, 5.74) is 2.47. The number of nitrogens with zero attached hydrogens (tertiary/aromatic N) is 2. The van der Waals surface area contributed by atoms with Crippen LogP contribution < -0.4 is 4.90 Å². The van der Waals surface area contributed by atoms with Crippen molar-refractivity contribution in [2.24, 2.45) is 5.92 Å². The van der Waals surface area contributed by atoms with Gasteiger partial charge in [0.25, 0.3) is 0 Å². The zero-order valence-electron chi connectivity index (χ0n) is 16.0. The van der Waals surface area contributed by atoms with E-state index in [0.29, 0.717) is 48.1 Å². The molecule has 154 valence electrons. The molecule has 0 aromatic heterocycles. The Morgan fingerprint density at radius 1 is 1.10 bits per heavy atom. The van der Waals surface area contributed by atoms with Crippen LogP contribution in [0.2, 0.25) is 10.0 Å². The summed E-state index contributed by atoms with van der Waals surface area (Å²) in [5, 5.41) is 10.4. The molecule has 1 N–H and O–H groups in total. The number of carboxylic acids is 1. The van der Waals surface area contributed by atoms with Crippen molar-refractivity contribution in [3.63, 3.8) is 0 Å². The highest BCUT2D eigenvalue weighted by Gasteiger charge is 2.32. The summed E-state index contributed by atoms with van der Waals surface area (Å²) in [6.45, 7) is 3.39. The van der Waals surface area contributed by atoms with E-state index < -0.39 is 5.97 Å². The van der Waals surface area contributed by atoms with E-state index in [2.05, 4.69) is 9.80 Å². The maximum Gasteiger partial charge on any atom is 0.306 e. The Bertz CT molecular complexity index is 889. The number of anilines is 1. The van der Waals surface area contributed by atoms with E-state index in [9.17, 15) is 9.18 Å². The monoisotopic (exact) mass is 436 g/mol. The van der Waals surface area contributed by atoms with Crippen LogP contribution in [-0.4, -0.2) is 42.2 Å². The third-order valence-corrected chi connectivity index (χ3v) is 6.68. The third-order valence-electron chi connectivity index (χ3n) is 6.02. The molecule has 2 aromatic rings. The van der Waals surface area contributed by atoms with Gasteiger partial charge in [0.15, 0.2) is 0 Å². The van der Waals surface area contributed by atoms with Gasteiger partial charge in [-0.05, 0) is 55.8 Å². The van der Waals surface area contributed by atoms with Gasteiger partial charge < -0.3 is 10.0 Å². The second-order valence-corrected chi connectivity index (χ2v) is 8.72. The molecular formula is C22H23Cl2FN2O2. The number of benzene rings is 2. The summed E-state index contributed by atoms with van der Waals surface area (Å²) in [4.78, 5) is 15.3. The summed E-state index contributed by atoms with van der Waals surface area (Å²) >= 11 is 12.6. The van der Waals surface area contributed by atoms with E-state index in [1.165, 1.54) is 0 Å². The van der Waals surface area contributed by atoms with Gasteiger partial charge in [0.1, 0.15) is 5.82 Å². The van der Waals surface area contributed by atoms with Crippen molar-refractivity contribution in [1.29, 1.82) is 0 Å². The molecule has 2 heterocycles. The van der Waals surface area contributed by atoms with Crippen LogP contribution in [0.15, 0.2) is 36.4 Å². The lowest BCUT2D eigenvalue weighted by Crippen LogP contribution is -2.45. The summed E-state index contributed by atoms with van der Waals surface area (Å²) in [6, 6.07) is 10.9. The van der Waals surface area contributed by atoms with Crippen LogP contribution in [0.3, 0.4) is 0 Å². The first-order chi connectivity index (χ1) is 13.9. The predicted molar refractivity (Wildman–Crippen MR) is 113 cm³/mol. The fraction of sp³-hybridized carbons (Fsp3) is 0.409. The first kappa shape index (κ1) is 20.5. The Kier molecular flexibility index (Phi) is 6.00. The van der Waals surface area contributed by atoms with Crippen molar-refractivity contribution < 1.29 is 14.3 Å². The van der Waals surface area contributed by atoms with Crippen LogP contribution >= 0.6 is 23.2 Å². The molecule has 2 aromatic carbocycles. The number of hydrogen-bond donors (Lipinski definition) is 1. The Hall–Kier alpha value is -1.82. The molecule has 0 unspecified atom stereocenters. The lowest BCUT2D eigenvalue weighted by Gasteiger charge is -2.42. The van der Waals surface area contributed by atoms with Gasteiger partial charge in [-0.2, -0.15) is 0 Å². The number of hydrogen-bond acceptors (Lipinski definition) is 3. The van der Waals surface area contributed by atoms with Crippen molar-refractivity contribution in [3.05, 3.63) is 63.4 Å². The largest absolute Gasteiger partial charge is 0.481 e. The molecule has 0 atom stereocenters. The maximum absolute atomic E-state index is 14.7. The van der Waals surface area contributed by atoms with E-state index in [-0.39, 0.29) is 17.7 Å². The van der Waals surface area contributed by atoms with Crippen molar-refractivity contribution in [2.45, 2.75) is 25.3 Å². The number of likely N-dealkylation sites (tertiary alicyclic amines) is 1. The molecule has 0 amide bonds. The highest BCUT2D eigenvalue weighted by atomic mass is 35.5. The van der Waals surface area contributed by atoms with Gasteiger partial charge in [0, 0.05) is 46.8 Å². The number of carboxylic acid groups (broad SMARTS) is 1. The Labute approximate surface area is 179 Å². The fourth-order valence-electron chi connectivity index (χ4n) is 4.21. The van der Waals surface area contributed by atoms with Crippen LogP contribution in [0.25, 0.3) is 0 Å². The number of carbonyl (C=O) groups is 1. The van der Waals surface area contributed by atoms with Crippen molar-refractivity contribution in [2.75, 3.05) is 31.1 Å². The van der Waals surface area contributed by atoms with Crippen molar-refractivity contribution >= 4 is 34.9 Å². The molecule has 2 aliphatic rings. The van der Waals surface area contributed by atoms with Gasteiger partial charge in [0.05, 0.1) is 5.92 Å². The smallest absolute Gasteiger partial charge is 0.306 e. The summed E-state index contributed by atoms with van der Waals surface area (Å²) in [7, 11) is 0. The van der Waals surface area contributed by atoms with Gasteiger partial charge in [-0.1, -0.05) is 35.3 Å². The standard InChI is InChI=1S/C22H23Cl2FN2O2/c23-18-2-1-3-19(24)21(18)16-12-27(13-16)17-5-4-15(20(25)10-17)11-26-8-6-14(7-9-26)22(28)29/h1-5,10,14,16H,6-9,11-13H2,(H,28,29). The molecule has 4 nitrogen and oxygen atoms in total. The molecule has 2 saturated heterocycles. The van der Waals surface area contributed by atoms with Gasteiger partial charge >= 0.3 is 5.97 Å². The van der Waals surface area contributed by atoms with E-state index in [1.54, 1.807) is 6.07 Å². The summed E-state index contributed by atoms with van der Waals surface area (Å²) in [5.74, 6) is -0.980. The number of rotatable bonds is 5. The molecule has 7 heteroatoms. The SMILES string of the molecule is O=C(O)C1CCN(Cc2ccc(N3CC(c4c(Cl)cccc4Cl)C3)cc2F)CC1. The second kappa shape index (κ2) is 8.50. The Morgan fingerprint density at radius 3 is 2.34 bits per heavy atom. The average Bonchev–Trinajstić information content (AvgIpc) is 2.65. The topological polar surface area (TPSA) is 43.8 Å². The Balaban J connectivity index is 1.36. The second-order valence-electron chi connectivity index (χ2n) is 7.90. The number of halogens is 3. The van der Waals surface area contributed by atoms with Crippen LogP contribution in [0.1, 0.15) is 29.9 Å². The molecular weight excluding hydrogens is 414 g/mol. The van der Waals surface area contributed by atoms with Crippen LogP contribution in [0.5, 0.6) is 0 Å². The van der Waals surface area contributed by atoms with E-state index >= 15 is 0 Å². The average molecular weight is 437 g/mol. The molecule has 0 saturated carbocycles. The van der Waals surface area contributed by atoms with E-state index in [1.807, 2.05) is 30.3 Å². The van der Waals surface area contributed by atoms with Gasteiger partial charge in [0.2, 0.25) is 0 Å². The molecule has 0 spiro atoms. The van der Waals surface area contributed by atoms with E-state index in [4.69, 9.17) is 28.3 Å². The van der Waals surface area contributed by atoms with Crippen LogP contribution in [0.4, 0.5) is 10.1 Å². The fourth-order valence-corrected chi connectivity index (χ4v) is 4.92. The maximum atomic E-state index is 14.7. The van der Waals surface area contributed by atoms with Gasteiger partial charge in [-0.15, -0.1) is 0 Å². The minimum atomic E-state index is -0.730. The number of piperidine rings is 1. The van der Waals surface area contributed by atoms with Gasteiger partial charge in [-0.25, -0.2) is 4.39 Å². The zero-order valence-corrected chi connectivity index (χ0v) is 17.5. The van der Waals surface area contributed by atoms with Crippen LogP contribution in [-0.2, 0) is 11.3 Å². The molecule has 0 bridgehead atoms. The minimum Gasteiger partial charge on any atom is -0.481 e. The van der Waals surface area contributed by atoms with Crippen LogP contribution in [0, 0.1) is 11.7 Å². The molecule has 2 aliphatic heterocycles. The first-order valence-electron chi connectivity index (χ1n) is 9.85. The lowest BCUT2D eigenvalue weighted by atomic mass is 9.90. The highest BCUT2D eigenvalue weighted by molar-refractivity contribution is 6.36. The molecule has 4 rings (SSSR count). The molecule has 29 heavy (non-hydrogen) atoms. The van der Waals surface area contributed by atoms with Crippen molar-refractivity contribution in [1.82, 2.24) is 4.90 Å². The molecule has 0 radical (unpaired) electrons. The zero-order chi connectivity index (χ0) is 20.5. The lowest BCUT2D eigenvalue weighted by molar-refractivity contribution is -0.143. The predicted octanol–water partition coefficient (Wildman–Crippen LogP) is 5.03. The van der Waals surface area contributed by atoms with Crippen molar-refractivity contribution in [3.8, 4) is 0 Å². The third kappa shape index (κ3) is 4.37. The van der Waals surface area contributed by atoms with E-state index in [0.717, 1.165) is 24.3 Å². The summed E-state index contributed by atoms with van der Waals surface area (Å²) < 4.78 is 14.7. The highest BCUT2D eigenvalue weighted by Crippen LogP contribution is 2.39. The quantitative estimate of drug-likeness (QED) is 0.713. The normalized spacial score (nSPS) is 18.7. The Morgan fingerprint density at radius 2 is 1.76 bits per heavy atom. The summed E-state index contributed by atoms with van der Waals surface area (Å²) in [6.07, 6.45) is 1.24. The van der Waals surface area contributed by atoms with Gasteiger partial charge in [-0.3, -0.25) is 9.69 Å².